The van der Waals surface area contributed by atoms with E-state index in [9.17, 15) is 9.59 Å². The van der Waals surface area contributed by atoms with Crippen LogP contribution in [0.15, 0.2) is 0 Å². The standard InChI is InChI=1S/C11H21NOS.C2H6N2O2/c1-2-3-4-5-6-7-9-12-11(13)8-10-14-12;3-2(6)4-1-5/h2-10H2,1H3;5H,1H2,(H3,3,4,6). The Morgan fingerprint density at radius 2 is 2.00 bits per heavy atom. The Hall–Kier alpha value is -0.950. The van der Waals surface area contributed by atoms with Gasteiger partial charge in [-0.2, -0.15) is 0 Å². The zero-order valence-corrected chi connectivity index (χ0v) is 13.1. The highest BCUT2D eigenvalue weighted by Gasteiger charge is 2.19. The summed E-state index contributed by atoms with van der Waals surface area (Å²) in [6.45, 7) is 2.81. The summed E-state index contributed by atoms with van der Waals surface area (Å²) >= 11 is 1.70. The SMILES string of the molecule is CCCCCCCCN1SCCC1=O.NC(=O)NCO. The van der Waals surface area contributed by atoms with Gasteiger partial charge in [0, 0.05) is 18.7 Å². The summed E-state index contributed by atoms with van der Waals surface area (Å²) in [5.41, 5.74) is 4.49. The van der Waals surface area contributed by atoms with E-state index in [0.29, 0.717) is 5.91 Å². The molecule has 1 saturated heterocycles. The molecule has 118 valence electrons. The zero-order chi connectivity index (χ0) is 15.2. The van der Waals surface area contributed by atoms with Gasteiger partial charge in [0.05, 0.1) is 0 Å². The molecule has 1 aliphatic heterocycles. The fraction of sp³-hybridized carbons (Fsp3) is 0.846. The number of unbranched alkanes of at least 4 members (excludes halogenated alkanes) is 5. The molecule has 0 saturated carbocycles. The van der Waals surface area contributed by atoms with Gasteiger partial charge in [-0.1, -0.05) is 39.0 Å². The molecule has 1 heterocycles. The third kappa shape index (κ3) is 10.9. The van der Waals surface area contributed by atoms with Gasteiger partial charge < -0.3 is 16.2 Å². The minimum Gasteiger partial charge on any atom is -0.376 e. The fourth-order valence-corrected chi connectivity index (χ4v) is 2.72. The molecule has 0 radical (unpaired) electrons. The predicted molar refractivity (Wildman–Crippen MR) is 82.0 cm³/mol. The summed E-state index contributed by atoms with van der Waals surface area (Å²) in [6.07, 6.45) is 8.57. The molecule has 1 fully saturated rings. The topological polar surface area (TPSA) is 95.7 Å². The maximum Gasteiger partial charge on any atom is 0.313 e. The Bertz CT molecular complexity index is 278. The molecule has 20 heavy (non-hydrogen) atoms. The third-order valence-corrected chi connectivity index (χ3v) is 3.89. The lowest BCUT2D eigenvalue weighted by molar-refractivity contribution is -0.124. The number of nitrogens with one attached hydrogen (secondary N) is 1. The molecule has 6 nitrogen and oxygen atoms in total. The molecule has 0 aromatic heterocycles. The van der Waals surface area contributed by atoms with Crippen molar-refractivity contribution in [1.29, 1.82) is 0 Å². The molecule has 0 spiro atoms. The summed E-state index contributed by atoms with van der Waals surface area (Å²) in [7, 11) is 0. The van der Waals surface area contributed by atoms with Gasteiger partial charge >= 0.3 is 6.03 Å². The van der Waals surface area contributed by atoms with Crippen LogP contribution < -0.4 is 11.1 Å². The second kappa shape index (κ2) is 13.1. The minimum absolute atomic E-state index is 0.337. The van der Waals surface area contributed by atoms with Gasteiger partial charge in [-0.3, -0.25) is 9.10 Å². The van der Waals surface area contributed by atoms with E-state index >= 15 is 0 Å². The van der Waals surface area contributed by atoms with Crippen molar-refractivity contribution in [2.24, 2.45) is 5.73 Å². The number of aliphatic hydroxyl groups is 1. The molecule has 1 aliphatic rings. The molecule has 3 amide bonds. The summed E-state index contributed by atoms with van der Waals surface area (Å²) in [4.78, 5) is 20.8. The van der Waals surface area contributed by atoms with Gasteiger partial charge in [0.15, 0.2) is 0 Å². The summed E-state index contributed by atoms with van der Waals surface area (Å²) in [5.74, 6) is 1.33. The Labute approximate surface area is 125 Å². The third-order valence-electron chi connectivity index (χ3n) is 2.81. The molecule has 1 rings (SSSR count). The normalized spacial score (nSPS) is 13.9. The largest absolute Gasteiger partial charge is 0.376 e. The van der Waals surface area contributed by atoms with E-state index in [-0.39, 0.29) is 0 Å². The highest BCUT2D eigenvalue weighted by Crippen LogP contribution is 2.21. The summed E-state index contributed by atoms with van der Waals surface area (Å²) in [6, 6.07) is -0.711. The molecular formula is C13H27N3O3S. The molecule has 0 atom stereocenters. The number of nitrogens with two attached hydrogens (primary N) is 1. The summed E-state index contributed by atoms with van der Waals surface area (Å²) in [5, 5.41) is 9.73. The highest BCUT2D eigenvalue weighted by molar-refractivity contribution is 7.97. The average Bonchev–Trinajstić information content (AvgIpc) is 2.80. The van der Waals surface area contributed by atoms with Crippen molar-refractivity contribution < 1.29 is 14.7 Å². The highest BCUT2D eigenvalue weighted by atomic mass is 32.2. The van der Waals surface area contributed by atoms with Crippen LogP contribution in [0.2, 0.25) is 0 Å². The van der Waals surface area contributed by atoms with E-state index in [1.807, 2.05) is 9.62 Å². The molecular weight excluding hydrogens is 278 g/mol. The van der Waals surface area contributed by atoms with Gasteiger partial charge in [-0.25, -0.2) is 4.79 Å². The molecule has 7 heteroatoms. The van der Waals surface area contributed by atoms with Crippen LogP contribution >= 0.6 is 11.9 Å². The van der Waals surface area contributed by atoms with Crippen LogP contribution in [0, 0.1) is 0 Å². The van der Waals surface area contributed by atoms with E-state index < -0.39 is 12.8 Å². The lowest BCUT2D eigenvalue weighted by Crippen LogP contribution is -2.29. The van der Waals surface area contributed by atoms with Gasteiger partial charge in [0.25, 0.3) is 0 Å². The van der Waals surface area contributed by atoms with Crippen LogP contribution in [0.1, 0.15) is 51.9 Å². The minimum atomic E-state index is -0.711. The number of rotatable bonds is 8. The average molecular weight is 305 g/mol. The van der Waals surface area contributed by atoms with Gasteiger partial charge in [0.2, 0.25) is 5.91 Å². The van der Waals surface area contributed by atoms with Crippen molar-refractivity contribution in [3.05, 3.63) is 0 Å². The number of carbonyl (C=O) groups excluding carboxylic acids is 2. The van der Waals surface area contributed by atoms with Gasteiger partial charge in [0.1, 0.15) is 6.73 Å². The lowest BCUT2D eigenvalue weighted by Gasteiger charge is -2.12. The van der Waals surface area contributed by atoms with Crippen molar-refractivity contribution in [3.8, 4) is 0 Å². The zero-order valence-electron chi connectivity index (χ0n) is 12.3. The van der Waals surface area contributed by atoms with Gasteiger partial charge in [-0.05, 0) is 18.4 Å². The first-order valence-electron chi connectivity index (χ1n) is 7.19. The van der Waals surface area contributed by atoms with Crippen molar-refractivity contribution >= 4 is 23.9 Å². The van der Waals surface area contributed by atoms with Crippen LogP contribution in [0.4, 0.5) is 4.79 Å². The second-order valence-corrected chi connectivity index (χ2v) is 5.65. The number of hydrogen-bond acceptors (Lipinski definition) is 4. The van der Waals surface area contributed by atoms with Crippen molar-refractivity contribution in [3.63, 3.8) is 0 Å². The quantitative estimate of drug-likeness (QED) is 0.362. The van der Waals surface area contributed by atoms with Crippen LogP contribution in [0.3, 0.4) is 0 Å². The van der Waals surface area contributed by atoms with E-state index in [1.54, 1.807) is 11.9 Å². The number of urea groups is 1. The lowest BCUT2D eigenvalue weighted by atomic mass is 10.1. The number of nitrogens with zero attached hydrogens (tertiary/aromatic N) is 1. The van der Waals surface area contributed by atoms with E-state index in [2.05, 4.69) is 12.7 Å². The number of primary amides is 1. The van der Waals surface area contributed by atoms with Crippen LogP contribution in [-0.2, 0) is 4.79 Å². The van der Waals surface area contributed by atoms with Gasteiger partial charge in [-0.15, -0.1) is 0 Å². The van der Waals surface area contributed by atoms with Crippen LogP contribution in [-0.4, -0.2) is 40.4 Å². The molecule has 0 unspecified atom stereocenters. The first-order valence-corrected chi connectivity index (χ1v) is 8.13. The molecule has 0 aromatic rings. The maximum absolute atomic E-state index is 11.2. The molecule has 0 aliphatic carbocycles. The smallest absolute Gasteiger partial charge is 0.313 e. The molecule has 0 bridgehead atoms. The molecule has 0 aromatic carbocycles. The Balaban J connectivity index is 0.000000511. The van der Waals surface area contributed by atoms with Crippen LogP contribution in [0.25, 0.3) is 0 Å². The number of aliphatic hydroxyl groups excluding tert-OH is 1. The monoisotopic (exact) mass is 305 g/mol. The van der Waals surface area contributed by atoms with Crippen molar-refractivity contribution in [2.45, 2.75) is 51.9 Å². The Morgan fingerprint density at radius 1 is 1.35 bits per heavy atom. The van der Waals surface area contributed by atoms with E-state index in [0.717, 1.165) is 18.7 Å². The first kappa shape index (κ1) is 19.1. The number of amides is 3. The predicted octanol–water partition coefficient (Wildman–Crippen LogP) is 1.83. The second-order valence-electron chi connectivity index (χ2n) is 4.55. The Kier molecular flexibility index (Phi) is 12.4. The number of hydrogen-bond donors (Lipinski definition) is 3. The van der Waals surface area contributed by atoms with Crippen molar-refractivity contribution in [1.82, 2.24) is 9.62 Å². The van der Waals surface area contributed by atoms with E-state index in [4.69, 9.17) is 5.11 Å². The molecule has 4 N–H and O–H groups in total. The first-order chi connectivity index (χ1) is 9.61. The number of carbonyl (C=O) groups is 2. The maximum atomic E-state index is 11.2. The van der Waals surface area contributed by atoms with Crippen molar-refractivity contribution in [2.75, 3.05) is 19.0 Å². The Morgan fingerprint density at radius 3 is 2.45 bits per heavy atom. The summed E-state index contributed by atoms with van der Waals surface area (Å²) < 4.78 is 1.94. The van der Waals surface area contributed by atoms with Crippen LogP contribution in [0.5, 0.6) is 0 Å². The fourth-order valence-electron chi connectivity index (χ4n) is 1.74. The van der Waals surface area contributed by atoms with E-state index in [1.165, 1.54) is 38.5 Å².